The molecule has 0 saturated heterocycles. The lowest BCUT2D eigenvalue weighted by atomic mass is 10.2. The third-order valence-electron chi connectivity index (χ3n) is 2.70. The van der Waals surface area contributed by atoms with Crippen LogP contribution in [0.2, 0.25) is 5.02 Å². The van der Waals surface area contributed by atoms with Crippen LogP contribution in [0.25, 0.3) is 0 Å². The lowest BCUT2D eigenvalue weighted by molar-refractivity contribution is -0.123. The molecule has 2 rings (SSSR count). The van der Waals surface area contributed by atoms with E-state index in [9.17, 15) is 18.0 Å². The summed E-state index contributed by atoms with van der Waals surface area (Å²) in [7, 11) is 0. The second-order valence-corrected chi connectivity index (χ2v) is 6.23. The monoisotopic (exact) mass is 388 g/mol. The van der Waals surface area contributed by atoms with Crippen molar-refractivity contribution in [2.24, 2.45) is 5.10 Å². The third kappa shape index (κ3) is 7.49. The maximum Gasteiger partial charge on any atom is 0.446 e. The molecule has 2 aromatic carbocycles. The van der Waals surface area contributed by atoms with E-state index in [2.05, 4.69) is 10.5 Å². The fourth-order valence-corrected chi connectivity index (χ4v) is 2.31. The van der Waals surface area contributed by atoms with Crippen molar-refractivity contribution in [1.29, 1.82) is 0 Å². The average molecular weight is 389 g/mol. The number of benzene rings is 2. The van der Waals surface area contributed by atoms with Crippen LogP contribution in [0.15, 0.2) is 58.5 Å². The number of ether oxygens (including phenoxy) is 1. The highest BCUT2D eigenvalue weighted by atomic mass is 35.5. The Kier molecular flexibility index (Phi) is 6.72. The smallest absolute Gasteiger partial charge is 0.446 e. The second kappa shape index (κ2) is 8.77. The molecule has 0 aromatic heterocycles. The van der Waals surface area contributed by atoms with Crippen molar-refractivity contribution in [1.82, 2.24) is 5.43 Å². The zero-order valence-electron chi connectivity index (χ0n) is 12.6. The Balaban J connectivity index is 1.77. The summed E-state index contributed by atoms with van der Waals surface area (Å²) in [6.07, 6.45) is 1.44. The molecule has 25 heavy (non-hydrogen) atoms. The number of thioether (sulfide) groups is 1. The molecular weight excluding hydrogens is 377 g/mol. The summed E-state index contributed by atoms with van der Waals surface area (Å²) in [4.78, 5) is 11.6. The quantitative estimate of drug-likeness (QED) is 0.451. The van der Waals surface area contributed by atoms with E-state index in [1.807, 2.05) is 0 Å². The molecule has 0 aliphatic carbocycles. The Bertz CT molecular complexity index is 735. The van der Waals surface area contributed by atoms with Gasteiger partial charge in [-0.25, -0.2) is 5.43 Å². The fraction of sp³-hybridized carbons (Fsp3) is 0.125. The average Bonchev–Trinajstić information content (AvgIpc) is 2.55. The van der Waals surface area contributed by atoms with E-state index in [0.29, 0.717) is 5.02 Å². The van der Waals surface area contributed by atoms with E-state index < -0.39 is 11.4 Å². The summed E-state index contributed by atoms with van der Waals surface area (Å²) in [5, 5.41) is 4.35. The predicted octanol–water partition coefficient (Wildman–Crippen LogP) is 4.48. The lowest BCUT2D eigenvalue weighted by Gasteiger charge is -2.07. The Morgan fingerprint density at radius 2 is 1.80 bits per heavy atom. The first kappa shape index (κ1) is 19.1. The van der Waals surface area contributed by atoms with E-state index >= 15 is 0 Å². The molecule has 0 atom stereocenters. The minimum absolute atomic E-state index is 0.0388. The van der Waals surface area contributed by atoms with Gasteiger partial charge in [-0.15, -0.1) is 0 Å². The van der Waals surface area contributed by atoms with Crippen molar-refractivity contribution in [3.05, 3.63) is 59.1 Å². The second-order valence-electron chi connectivity index (χ2n) is 4.65. The van der Waals surface area contributed by atoms with Gasteiger partial charge in [0.05, 0.1) is 6.21 Å². The zero-order valence-corrected chi connectivity index (χ0v) is 14.2. The number of rotatable bonds is 6. The van der Waals surface area contributed by atoms with E-state index in [1.165, 1.54) is 30.5 Å². The molecule has 0 heterocycles. The van der Waals surface area contributed by atoms with Crippen molar-refractivity contribution < 1.29 is 22.7 Å². The van der Waals surface area contributed by atoms with Gasteiger partial charge in [0.2, 0.25) is 0 Å². The zero-order chi connectivity index (χ0) is 18.3. The van der Waals surface area contributed by atoms with Gasteiger partial charge in [-0.3, -0.25) is 4.79 Å². The molecule has 0 unspecified atom stereocenters. The number of amides is 1. The molecule has 1 N–H and O–H groups in total. The van der Waals surface area contributed by atoms with Crippen LogP contribution in [0, 0.1) is 0 Å². The summed E-state index contributed by atoms with van der Waals surface area (Å²) >= 11 is 5.53. The first-order chi connectivity index (χ1) is 11.8. The van der Waals surface area contributed by atoms with Gasteiger partial charge in [0.1, 0.15) is 5.75 Å². The standard InChI is InChI=1S/C16H12ClF3N2O2S/c17-12-3-1-11(2-4-12)9-21-22-15(23)10-24-13-5-7-14(8-6-13)25-16(18,19)20/h1-9H,10H2,(H,22,23)/b21-9-. The number of carbonyl (C=O) groups excluding carboxylic acids is 1. The van der Waals surface area contributed by atoms with Gasteiger partial charge in [0.25, 0.3) is 5.91 Å². The number of hydrazone groups is 1. The third-order valence-corrected chi connectivity index (χ3v) is 3.69. The minimum Gasteiger partial charge on any atom is -0.484 e. The molecule has 9 heteroatoms. The normalized spacial score (nSPS) is 11.5. The molecule has 0 fully saturated rings. The molecule has 0 radical (unpaired) electrons. The van der Waals surface area contributed by atoms with E-state index in [4.69, 9.17) is 16.3 Å². The molecule has 132 valence electrons. The van der Waals surface area contributed by atoms with Crippen LogP contribution >= 0.6 is 23.4 Å². The first-order valence-corrected chi connectivity index (χ1v) is 8.07. The molecule has 1 amide bonds. The van der Waals surface area contributed by atoms with Crippen LogP contribution in [-0.2, 0) is 4.79 Å². The first-order valence-electron chi connectivity index (χ1n) is 6.88. The Morgan fingerprint density at radius 3 is 2.40 bits per heavy atom. The summed E-state index contributed by atoms with van der Waals surface area (Å²) in [6.45, 7) is -0.316. The van der Waals surface area contributed by atoms with Crippen LogP contribution in [0.1, 0.15) is 5.56 Å². The highest BCUT2D eigenvalue weighted by molar-refractivity contribution is 8.00. The maximum absolute atomic E-state index is 12.2. The van der Waals surface area contributed by atoms with Gasteiger partial charge < -0.3 is 4.74 Å². The molecule has 0 spiro atoms. The molecular formula is C16H12ClF3N2O2S. The summed E-state index contributed by atoms with van der Waals surface area (Å²) in [5.74, 6) is -0.220. The number of alkyl halides is 3. The van der Waals surface area contributed by atoms with E-state index in [-0.39, 0.29) is 29.0 Å². The van der Waals surface area contributed by atoms with Gasteiger partial charge in [-0.2, -0.15) is 18.3 Å². The number of carbonyl (C=O) groups is 1. The number of hydrogen-bond acceptors (Lipinski definition) is 4. The molecule has 4 nitrogen and oxygen atoms in total. The Hall–Kier alpha value is -2.19. The van der Waals surface area contributed by atoms with Gasteiger partial charge in [-0.05, 0) is 53.7 Å². The van der Waals surface area contributed by atoms with Gasteiger partial charge in [0.15, 0.2) is 6.61 Å². The number of hydrogen-bond donors (Lipinski definition) is 1. The topological polar surface area (TPSA) is 50.7 Å². The van der Waals surface area contributed by atoms with Crippen molar-refractivity contribution in [3.63, 3.8) is 0 Å². The molecule has 0 aliphatic heterocycles. The minimum atomic E-state index is -4.34. The van der Waals surface area contributed by atoms with Gasteiger partial charge >= 0.3 is 5.51 Å². The Labute approximate surface area is 151 Å². The van der Waals surface area contributed by atoms with Crippen LogP contribution < -0.4 is 10.2 Å². The van der Waals surface area contributed by atoms with Crippen molar-refractivity contribution >= 4 is 35.5 Å². The Morgan fingerprint density at radius 1 is 1.16 bits per heavy atom. The maximum atomic E-state index is 12.2. The molecule has 0 aliphatic rings. The number of nitrogens with one attached hydrogen (secondary N) is 1. The molecule has 0 saturated carbocycles. The molecule has 0 bridgehead atoms. The SMILES string of the molecule is O=C(COc1ccc(SC(F)(F)F)cc1)N/N=C\c1ccc(Cl)cc1. The van der Waals surface area contributed by atoms with Crippen LogP contribution in [0.4, 0.5) is 13.2 Å². The van der Waals surface area contributed by atoms with Crippen LogP contribution in [0.5, 0.6) is 5.75 Å². The fourth-order valence-electron chi connectivity index (χ4n) is 1.65. The van der Waals surface area contributed by atoms with Crippen LogP contribution in [-0.4, -0.2) is 24.2 Å². The van der Waals surface area contributed by atoms with E-state index in [1.54, 1.807) is 24.3 Å². The van der Waals surface area contributed by atoms with Crippen molar-refractivity contribution in [2.45, 2.75) is 10.4 Å². The highest BCUT2D eigenvalue weighted by Crippen LogP contribution is 2.37. The highest BCUT2D eigenvalue weighted by Gasteiger charge is 2.29. The number of halogens is 4. The van der Waals surface area contributed by atoms with E-state index in [0.717, 1.165) is 5.56 Å². The predicted molar refractivity (Wildman–Crippen MR) is 91.0 cm³/mol. The number of nitrogens with zero attached hydrogens (tertiary/aromatic N) is 1. The van der Waals surface area contributed by atoms with Gasteiger partial charge in [-0.1, -0.05) is 23.7 Å². The summed E-state index contributed by atoms with van der Waals surface area (Å²) in [5.41, 5.74) is -1.31. The summed E-state index contributed by atoms with van der Waals surface area (Å²) < 4.78 is 41.8. The lowest BCUT2D eigenvalue weighted by Crippen LogP contribution is -2.24. The largest absolute Gasteiger partial charge is 0.484 e. The van der Waals surface area contributed by atoms with Crippen molar-refractivity contribution in [2.75, 3.05) is 6.61 Å². The summed E-state index contributed by atoms with van der Waals surface area (Å²) in [6, 6.07) is 12.1. The van der Waals surface area contributed by atoms with Gasteiger partial charge in [0, 0.05) is 9.92 Å². The van der Waals surface area contributed by atoms with Crippen LogP contribution in [0.3, 0.4) is 0 Å². The van der Waals surface area contributed by atoms with Crippen molar-refractivity contribution in [3.8, 4) is 5.75 Å². The molecule has 2 aromatic rings.